The second-order valence-corrected chi connectivity index (χ2v) is 13.8. The lowest BCUT2D eigenvalue weighted by atomic mass is 9.93. The van der Waals surface area contributed by atoms with Crippen molar-refractivity contribution in [3.8, 4) is 5.88 Å². The Bertz CT molecular complexity index is 2190. The number of hydrogen-bond donors (Lipinski definition) is 2. The third-order valence-corrected chi connectivity index (χ3v) is 9.79. The Hall–Kier alpha value is -4.98. The number of amides is 1. The van der Waals surface area contributed by atoms with Crippen molar-refractivity contribution >= 4 is 45.6 Å². The summed E-state index contributed by atoms with van der Waals surface area (Å²) in [6.07, 6.45) is 1.17. The molecule has 0 atom stereocenters. The Labute approximate surface area is 316 Å². The zero-order valence-electron chi connectivity index (χ0n) is 30.4. The molecule has 2 fully saturated rings. The number of ether oxygens (including phenoxy) is 2. The number of carbonyl (C=O) groups is 1. The number of nitrogens with zero attached hydrogens (tertiary/aromatic N) is 5. The van der Waals surface area contributed by atoms with Gasteiger partial charge in [-0.1, -0.05) is 29.8 Å². The van der Waals surface area contributed by atoms with Crippen LogP contribution in [0.25, 0.3) is 21.9 Å². The Kier molecular flexibility index (Phi) is 12.8. The fraction of sp³-hybridized carbons (Fsp3) is 0.350. The van der Waals surface area contributed by atoms with Crippen molar-refractivity contribution in [3.05, 3.63) is 111 Å². The predicted molar refractivity (Wildman–Crippen MR) is 204 cm³/mol. The van der Waals surface area contributed by atoms with E-state index < -0.39 is 6.43 Å². The average molecular weight is 762 g/mol. The number of carbonyl (C=O) groups excluding carboxylic acids is 1. The quantitative estimate of drug-likeness (QED) is 0.142. The van der Waals surface area contributed by atoms with E-state index in [1.807, 2.05) is 12.1 Å². The van der Waals surface area contributed by atoms with Gasteiger partial charge < -0.3 is 19.4 Å². The number of nitrogens with one attached hydrogen (secondary N) is 2. The van der Waals surface area contributed by atoms with Crippen LogP contribution in [0.5, 0.6) is 5.88 Å². The monoisotopic (exact) mass is 761 g/mol. The zero-order chi connectivity index (χ0) is 38.2. The van der Waals surface area contributed by atoms with Gasteiger partial charge in [0, 0.05) is 70.9 Å². The Morgan fingerprint density at radius 2 is 1.81 bits per heavy atom. The number of H-pyrrole nitrogens is 1. The van der Waals surface area contributed by atoms with E-state index in [0.717, 1.165) is 62.7 Å². The standard InChI is InChI=1S/C27H28ClFN4O.C10H9F2N3O.C3H6O/c1-18-6-9-25-24(14-18)30-26(32(25)2)16-33-12-10-19(11-13-33)23-4-3-5-27(31-23)34-17-20-7-8-21(28)15-22(20)29;1-5-7-2-6(13-4-16)3-8(10(11)12)9(7)15-14-5;1-2-4-3-1/h3-9,14-15,19H,10-13,16-17H2,1-2H3;2-4,10H,1H3,(H,13,16)(H,14,15);1-3H2. The molecular weight excluding hydrogens is 719 g/mol. The summed E-state index contributed by atoms with van der Waals surface area (Å²) in [4.78, 5) is 22.3. The van der Waals surface area contributed by atoms with Crippen molar-refractivity contribution in [2.24, 2.45) is 7.05 Å². The minimum atomic E-state index is -2.63. The number of hydrogen-bond acceptors (Lipinski definition) is 7. The van der Waals surface area contributed by atoms with Crippen LogP contribution in [0.2, 0.25) is 5.02 Å². The molecule has 8 rings (SSSR count). The number of likely N-dealkylation sites (tertiary alicyclic amines) is 1. The van der Waals surface area contributed by atoms with Gasteiger partial charge in [-0.3, -0.25) is 14.8 Å². The van der Waals surface area contributed by atoms with Gasteiger partial charge in [-0.05, 0) is 94.2 Å². The SMILES string of the molecule is C1COC1.Cc1[nH]nc2c(C(F)F)cc(NC=O)cc12.Cc1ccc2c(c1)nc(CN1CCC(c3cccc(OCc4ccc(Cl)cc4F)n3)CC1)n2C. The van der Waals surface area contributed by atoms with Gasteiger partial charge in [-0.15, -0.1) is 0 Å². The van der Waals surface area contributed by atoms with Gasteiger partial charge in [0.25, 0.3) is 6.43 Å². The lowest BCUT2D eigenvalue weighted by Gasteiger charge is -2.31. The van der Waals surface area contributed by atoms with E-state index in [9.17, 15) is 18.0 Å². The maximum absolute atomic E-state index is 14.0. The molecular formula is C40H43ClF3N7O3. The minimum Gasteiger partial charge on any atom is -0.473 e. The number of piperidine rings is 1. The summed E-state index contributed by atoms with van der Waals surface area (Å²) in [5, 5.41) is 9.78. The fourth-order valence-corrected chi connectivity index (χ4v) is 6.51. The lowest BCUT2D eigenvalue weighted by molar-refractivity contribution is -0.105. The molecule has 0 unspecified atom stereocenters. The topological polar surface area (TPSA) is 110 Å². The van der Waals surface area contributed by atoms with Crippen molar-refractivity contribution < 1.29 is 27.4 Å². The van der Waals surface area contributed by atoms with Gasteiger partial charge in [0.1, 0.15) is 23.8 Å². The van der Waals surface area contributed by atoms with Crippen LogP contribution in [-0.2, 0) is 29.7 Å². The average Bonchev–Trinajstić information content (AvgIpc) is 3.65. The Balaban J connectivity index is 0.000000205. The van der Waals surface area contributed by atoms with Gasteiger partial charge >= 0.3 is 0 Å². The van der Waals surface area contributed by atoms with E-state index in [1.165, 1.54) is 29.6 Å². The van der Waals surface area contributed by atoms with Crippen molar-refractivity contribution in [2.75, 3.05) is 31.6 Å². The molecule has 0 radical (unpaired) electrons. The van der Waals surface area contributed by atoms with Crippen LogP contribution in [0, 0.1) is 19.7 Å². The lowest BCUT2D eigenvalue weighted by Crippen LogP contribution is -2.33. The summed E-state index contributed by atoms with van der Waals surface area (Å²) < 4.78 is 52.2. The minimum absolute atomic E-state index is 0.120. The van der Waals surface area contributed by atoms with E-state index in [1.54, 1.807) is 25.1 Å². The highest BCUT2D eigenvalue weighted by Crippen LogP contribution is 2.32. The molecule has 3 aromatic heterocycles. The Morgan fingerprint density at radius 3 is 2.50 bits per heavy atom. The molecule has 0 bridgehead atoms. The molecule has 10 nitrogen and oxygen atoms in total. The van der Waals surface area contributed by atoms with Crippen molar-refractivity contribution in [1.29, 1.82) is 0 Å². The van der Waals surface area contributed by atoms with Crippen LogP contribution in [0.1, 0.15) is 65.5 Å². The summed E-state index contributed by atoms with van der Waals surface area (Å²) in [5.41, 5.74) is 6.04. The van der Waals surface area contributed by atoms with E-state index in [0.29, 0.717) is 45.6 Å². The number of benzene rings is 3. The first-order chi connectivity index (χ1) is 26.1. The number of aromatic amines is 1. The smallest absolute Gasteiger partial charge is 0.266 e. The number of imidazole rings is 1. The number of alkyl halides is 2. The first kappa shape index (κ1) is 38.7. The van der Waals surface area contributed by atoms with Gasteiger partial charge in [0.15, 0.2) is 0 Å². The molecule has 5 heterocycles. The summed E-state index contributed by atoms with van der Waals surface area (Å²) in [6.45, 7) is 8.79. The Morgan fingerprint density at radius 1 is 1.06 bits per heavy atom. The maximum atomic E-state index is 14.0. The highest BCUT2D eigenvalue weighted by Gasteiger charge is 2.23. The van der Waals surface area contributed by atoms with E-state index in [4.69, 9.17) is 31.0 Å². The first-order valence-electron chi connectivity index (χ1n) is 17.8. The highest BCUT2D eigenvalue weighted by atomic mass is 35.5. The third-order valence-electron chi connectivity index (χ3n) is 9.55. The van der Waals surface area contributed by atoms with E-state index in [-0.39, 0.29) is 23.5 Å². The van der Waals surface area contributed by atoms with Crippen LogP contribution < -0.4 is 10.1 Å². The number of aryl methyl sites for hydroxylation is 3. The van der Waals surface area contributed by atoms with Crippen molar-refractivity contribution in [2.45, 2.75) is 58.6 Å². The predicted octanol–water partition coefficient (Wildman–Crippen LogP) is 8.81. The first-order valence-corrected chi connectivity index (χ1v) is 18.2. The molecule has 0 spiro atoms. The van der Waals surface area contributed by atoms with Crippen LogP contribution in [0.15, 0.2) is 66.7 Å². The van der Waals surface area contributed by atoms with E-state index in [2.05, 4.69) is 63.2 Å². The maximum Gasteiger partial charge on any atom is 0.266 e. The largest absolute Gasteiger partial charge is 0.473 e. The fourth-order valence-electron chi connectivity index (χ4n) is 6.35. The molecule has 0 aliphatic carbocycles. The van der Waals surface area contributed by atoms with Crippen molar-refractivity contribution in [1.82, 2.24) is 29.6 Å². The molecule has 3 aromatic carbocycles. The molecule has 0 saturated carbocycles. The molecule has 2 N–H and O–H groups in total. The van der Waals surface area contributed by atoms with Crippen LogP contribution in [0.3, 0.4) is 0 Å². The van der Waals surface area contributed by atoms with Gasteiger partial charge in [-0.25, -0.2) is 23.1 Å². The molecule has 2 aliphatic rings. The van der Waals surface area contributed by atoms with Crippen LogP contribution in [0.4, 0.5) is 18.9 Å². The normalized spacial score (nSPS) is 14.6. The highest BCUT2D eigenvalue weighted by molar-refractivity contribution is 6.30. The molecule has 2 saturated heterocycles. The molecule has 1 amide bonds. The second kappa shape index (κ2) is 17.9. The van der Waals surface area contributed by atoms with E-state index >= 15 is 0 Å². The zero-order valence-corrected chi connectivity index (χ0v) is 31.2. The number of anilines is 1. The number of aromatic nitrogens is 5. The number of halogens is 4. The molecule has 54 heavy (non-hydrogen) atoms. The molecule has 14 heteroatoms. The van der Waals surface area contributed by atoms with Crippen LogP contribution in [-0.4, -0.2) is 62.3 Å². The molecule has 6 aromatic rings. The third kappa shape index (κ3) is 9.57. The summed E-state index contributed by atoms with van der Waals surface area (Å²) in [5.74, 6) is 1.63. The number of pyridine rings is 1. The molecule has 2 aliphatic heterocycles. The van der Waals surface area contributed by atoms with Gasteiger partial charge in [0.05, 0.1) is 17.6 Å². The number of rotatable bonds is 9. The second-order valence-electron chi connectivity index (χ2n) is 13.4. The molecule has 284 valence electrons. The van der Waals surface area contributed by atoms with Crippen LogP contribution >= 0.6 is 11.6 Å². The summed E-state index contributed by atoms with van der Waals surface area (Å²) >= 11 is 5.83. The number of fused-ring (bicyclic) bond motifs is 2. The summed E-state index contributed by atoms with van der Waals surface area (Å²) in [6, 6.07) is 19.7. The van der Waals surface area contributed by atoms with Gasteiger partial charge in [-0.2, -0.15) is 5.10 Å². The van der Waals surface area contributed by atoms with Crippen molar-refractivity contribution in [3.63, 3.8) is 0 Å². The summed E-state index contributed by atoms with van der Waals surface area (Å²) in [7, 11) is 2.10. The van der Waals surface area contributed by atoms with Gasteiger partial charge in [0.2, 0.25) is 12.3 Å².